The molecule has 2 rings (SSSR count). The highest BCUT2D eigenvalue weighted by Gasteiger charge is 2.16. The monoisotopic (exact) mass is 218 g/mol. The highest BCUT2D eigenvalue weighted by atomic mass is 16.5. The van der Waals surface area contributed by atoms with Crippen molar-refractivity contribution in [2.45, 2.75) is 6.04 Å². The van der Waals surface area contributed by atoms with Gasteiger partial charge in [-0.25, -0.2) is 4.98 Å². The van der Waals surface area contributed by atoms with E-state index in [-0.39, 0.29) is 6.04 Å². The molecule has 2 aromatic heterocycles. The van der Waals surface area contributed by atoms with Gasteiger partial charge in [0.2, 0.25) is 5.88 Å². The zero-order valence-electron chi connectivity index (χ0n) is 9.29. The lowest BCUT2D eigenvalue weighted by molar-refractivity contribution is 0.390. The van der Waals surface area contributed by atoms with Gasteiger partial charge in [-0.05, 0) is 12.1 Å². The average Bonchev–Trinajstić information content (AvgIpc) is 2.74. The highest BCUT2D eigenvalue weighted by Crippen LogP contribution is 2.25. The predicted molar refractivity (Wildman–Crippen MR) is 60.0 cm³/mol. The quantitative estimate of drug-likeness (QED) is 0.830. The number of aryl methyl sites for hydroxylation is 1. The average molecular weight is 218 g/mol. The van der Waals surface area contributed by atoms with Gasteiger partial charge in [0, 0.05) is 25.0 Å². The molecule has 0 amide bonds. The Hall–Kier alpha value is -1.88. The summed E-state index contributed by atoms with van der Waals surface area (Å²) in [5, 5.41) is 4.09. The fourth-order valence-corrected chi connectivity index (χ4v) is 1.66. The maximum absolute atomic E-state index is 6.16. The third-order valence-corrected chi connectivity index (χ3v) is 2.51. The van der Waals surface area contributed by atoms with E-state index in [1.807, 2.05) is 25.2 Å². The summed E-state index contributed by atoms with van der Waals surface area (Å²) >= 11 is 0. The molecule has 0 bridgehead atoms. The first-order chi connectivity index (χ1) is 7.74. The topological polar surface area (TPSA) is 66.0 Å². The van der Waals surface area contributed by atoms with E-state index in [0.29, 0.717) is 5.88 Å². The van der Waals surface area contributed by atoms with Gasteiger partial charge < -0.3 is 10.5 Å². The molecule has 0 aliphatic rings. The first-order valence-corrected chi connectivity index (χ1v) is 4.96. The van der Waals surface area contributed by atoms with Crippen molar-refractivity contribution in [3.63, 3.8) is 0 Å². The van der Waals surface area contributed by atoms with Gasteiger partial charge in [-0.1, -0.05) is 6.07 Å². The van der Waals surface area contributed by atoms with Crippen LogP contribution in [0.15, 0.2) is 30.6 Å². The minimum atomic E-state index is -0.281. The van der Waals surface area contributed by atoms with E-state index >= 15 is 0 Å². The van der Waals surface area contributed by atoms with Crippen LogP contribution in [0.3, 0.4) is 0 Å². The van der Waals surface area contributed by atoms with Crippen molar-refractivity contribution >= 4 is 0 Å². The van der Waals surface area contributed by atoms with Crippen molar-refractivity contribution in [2.75, 3.05) is 7.11 Å². The Labute approximate surface area is 93.9 Å². The van der Waals surface area contributed by atoms with Crippen molar-refractivity contribution in [3.8, 4) is 5.88 Å². The van der Waals surface area contributed by atoms with Crippen LogP contribution in [0, 0.1) is 0 Å². The molecule has 5 nitrogen and oxygen atoms in total. The second kappa shape index (κ2) is 4.32. The van der Waals surface area contributed by atoms with Crippen molar-refractivity contribution < 1.29 is 4.74 Å². The summed E-state index contributed by atoms with van der Waals surface area (Å²) in [6.07, 6.45) is 3.40. The van der Waals surface area contributed by atoms with Gasteiger partial charge >= 0.3 is 0 Å². The first kappa shape index (κ1) is 10.6. The summed E-state index contributed by atoms with van der Waals surface area (Å²) in [6.45, 7) is 0. The molecule has 0 saturated carbocycles. The van der Waals surface area contributed by atoms with E-state index in [1.165, 1.54) is 0 Å². The number of nitrogens with zero attached hydrogens (tertiary/aromatic N) is 3. The normalized spacial score (nSPS) is 12.4. The molecule has 2 N–H and O–H groups in total. The minimum absolute atomic E-state index is 0.281. The van der Waals surface area contributed by atoms with E-state index in [1.54, 1.807) is 24.2 Å². The highest BCUT2D eigenvalue weighted by molar-refractivity contribution is 5.34. The van der Waals surface area contributed by atoms with Gasteiger partial charge in [-0.15, -0.1) is 0 Å². The number of hydrogen-bond acceptors (Lipinski definition) is 4. The van der Waals surface area contributed by atoms with Crippen LogP contribution in [-0.2, 0) is 7.05 Å². The number of hydrogen-bond donors (Lipinski definition) is 1. The van der Waals surface area contributed by atoms with Gasteiger partial charge in [0.05, 0.1) is 18.8 Å². The van der Waals surface area contributed by atoms with Crippen molar-refractivity contribution in [1.29, 1.82) is 0 Å². The fourth-order valence-electron chi connectivity index (χ4n) is 1.66. The lowest BCUT2D eigenvalue weighted by Crippen LogP contribution is -2.17. The second-order valence-corrected chi connectivity index (χ2v) is 3.46. The number of ether oxygens (including phenoxy) is 1. The number of nitrogens with two attached hydrogens (primary N) is 1. The number of pyridine rings is 1. The van der Waals surface area contributed by atoms with E-state index in [0.717, 1.165) is 11.3 Å². The van der Waals surface area contributed by atoms with Crippen molar-refractivity contribution in [3.05, 3.63) is 41.9 Å². The van der Waals surface area contributed by atoms with Crippen LogP contribution in [0.1, 0.15) is 17.3 Å². The third-order valence-electron chi connectivity index (χ3n) is 2.51. The molecule has 1 atom stereocenters. The Morgan fingerprint density at radius 2 is 2.19 bits per heavy atom. The zero-order chi connectivity index (χ0) is 11.5. The lowest BCUT2D eigenvalue weighted by atomic mass is 10.1. The molecule has 0 radical (unpaired) electrons. The standard InChI is InChI=1S/C11H14N4O/c1-15-9(5-7-14-15)10(12)8-4-3-6-13-11(8)16-2/h3-7,10H,12H2,1-2H3. The molecular weight excluding hydrogens is 204 g/mol. The maximum Gasteiger partial charge on any atom is 0.218 e. The molecule has 0 saturated heterocycles. The third kappa shape index (κ3) is 1.77. The molecule has 2 heterocycles. The van der Waals surface area contributed by atoms with E-state index in [9.17, 15) is 0 Å². The van der Waals surface area contributed by atoms with Gasteiger partial charge in [0.15, 0.2) is 0 Å². The summed E-state index contributed by atoms with van der Waals surface area (Å²) in [5.74, 6) is 0.552. The largest absolute Gasteiger partial charge is 0.481 e. The molecule has 84 valence electrons. The van der Waals surface area contributed by atoms with Crippen LogP contribution < -0.4 is 10.5 Å². The molecule has 5 heteroatoms. The Morgan fingerprint density at radius 1 is 1.38 bits per heavy atom. The van der Waals surface area contributed by atoms with Crippen LogP contribution >= 0.6 is 0 Å². The molecule has 16 heavy (non-hydrogen) atoms. The second-order valence-electron chi connectivity index (χ2n) is 3.46. The predicted octanol–water partition coefficient (Wildman–Crippen LogP) is 0.872. The minimum Gasteiger partial charge on any atom is -0.481 e. The number of rotatable bonds is 3. The number of methoxy groups -OCH3 is 1. The van der Waals surface area contributed by atoms with Crippen LogP contribution in [0.25, 0.3) is 0 Å². The first-order valence-electron chi connectivity index (χ1n) is 4.96. The molecule has 1 unspecified atom stereocenters. The summed E-state index contributed by atoms with van der Waals surface area (Å²) in [7, 11) is 3.44. The van der Waals surface area contributed by atoms with Crippen LogP contribution in [0.2, 0.25) is 0 Å². The van der Waals surface area contributed by atoms with Crippen LogP contribution in [0.4, 0.5) is 0 Å². The summed E-state index contributed by atoms with van der Waals surface area (Å²) in [5.41, 5.74) is 7.93. The maximum atomic E-state index is 6.16. The number of aromatic nitrogens is 3. The molecule has 0 spiro atoms. The zero-order valence-corrected chi connectivity index (χ0v) is 9.29. The van der Waals surface area contributed by atoms with Gasteiger partial charge in [-0.3, -0.25) is 4.68 Å². The fraction of sp³-hybridized carbons (Fsp3) is 0.273. The lowest BCUT2D eigenvalue weighted by Gasteiger charge is -2.14. The Kier molecular flexibility index (Phi) is 2.87. The van der Waals surface area contributed by atoms with E-state index < -0.39 is 0 Å². The van der Waals surface area contributed by atoms with Crippen molar-refractivity contribution in [1.82, 2.24) is 14.8 Å². The van der Waals surface area contributed by atoms with Crippen LogP contribution in [0.5, 0.6) is 5.88 Å². The van der Waals surface area contributed by atoms with Gasteiger partial charge in [-0.2, -0.15) is 5.10 Å². The Balaban J connectivity index is 2.41. The SMILES string of the molecule is COc1ncccc1C(N)c1ccnn1C. The smallest absolute Gasteiger partial charge is 0.218 e. The summed E-state index contributed by atoms with van der Waals surface area (Å²) in [4.78, 5) is 4.13. The van der Waals surface area contributed by atoms with Gasteiger partial charge in [0.25, 0.3) is 0 Å². The summed E-state index contributed by atoms with van der Waals surface area (Å²) < 4.78 is 6.93. The van der Waals surface area contributed by atoms with E-state index in [2.05, 4.69) is 10.1 Å². The molecule has 0 aromatic carbocycles. The summed E-state index contributed by atoms with van der Waals surface area (Å²) in [6, 6.07) is 5.35. The van der Waals surface area contributed by atoms with Crippen LogP contribution in [-0.4, -0.2) is 21.9 Å². The Morgan fingerprint density at radius 3 is 2.81 bits per heavy atom. The van der Waals surface area contributed by atoms with E-state index in [4.69, 9.17) is 10.5 Å². The molecule has 0 aliphatic carbocycles. The Bertz CT molecular complexity index is 480. The van der Waals surface area contributed by atoms with Gasteiger partial charge in [0.1, 0.15) is 0 Å². The molecule has 0 aliphatic heterocycles. The molecule has 0 fully saturated rings. The molecular formula is C11H14N4O. The molecule has 2 aromatic rings. The van der Waals surface area contributed by atoms with Crippen molar-refractivity contribution in [2.24, 2.45) is 12.8 Å².